The Morgan fingerprint density at radius 1 is 1.36 bits per heavy atom. The SMILES string of the molecule is CCc1ccc(F)cc1C(N)C(C)C. The van der Waals surface area contributed by atoms with E-state index in [4.69, 9.17) is 5.73 Å². The van der Waals surface area contributed by atoms with E-state index >= 15 is 0 Å². The van der Waals surface area contributed by atoms with Crippen molar-refractivity contribution in [2.24, 2.45) is 11.7 Å². The summed E-state index contributed by atoms with van der Waals surface area (Å²) < 4.78 is 13.1. The lowest BCUT2D eigenvalue weighted by molar-refractivity contribution is 0.506. The van der Waals surface area contributed by atoms with Gasteiger partial charge in [-0.15, -0.1) is 0 Å². The van der Waals surface area contributed by atoms with Crippen molar-refractivity contribution in [2.75, 3.05) is 0 Å². The predicted octanol–water partition coefficient (Wildman–Crippen LogP) is 3.04. The van der Waals surface area contributed by atoms with Crippen LogP contribution in [0.3, 0.4) is 0 Å². The third-order valence-corrected chi connectivity index (χ3v) is 2.57. The first-order valence-electron chi connectivity index (χ1n) is 5.10. The van der Waals surface area contributed by atoms with Gasteiger partial charge in [-0.25, -0.2) is 4.39 Å². The number of aryl methyl sites for hydroxylation is 1. The average Bonchev–Trinajstić information content (AvgIpc) is 2.16. The van der Waals surface area contributed by atoms with Gasteiger partial charge >= 0.3 is 0 Å². The highest BCUT2D eigenvalue weighted by Gasteiger charge is 2.14. The summed E-state index contributed by atoms with van der Waals surface area (Å²) in [6.07, 6.45) is 0.899. The topological polar surface area (TPSA) is 26.0 Å². The lowest BCUT2D eigenvalue weighted by Gasteiger charge is -2.19. The van der Waals surface area contributed by atoms with Crippen LogP contribution in [0.25, 0.3) is 0 Å². The Labute approximate surface area is 85.1 Å². The van der Waals surface area contributed by atoms with Gasteiger partial charge < -0.3 is 5.73 Å². The fourth-order valence-corrected chi connectivity index (χ4v) is 1.56. The van der Waals surface area contributed by atoms with Crippen LogP contribution in [0.1, 0.15) is 37.9 Å². The van der Waals surface area contributed by atoms with Crippen molar-refractivity contribution in [3.8, 4) is 0 Å². The summed E-state index contributed by atoms with van der Waals surface area (Å²) in [7, 11) is 0. The zero-order valence-corrected chi connectivity index (χ0v) is 9.05. The first-order valence-corrected chi connectivity index (χ1v) is 5.10. The molecule has 0 amide bonds. The number of halogens is 1. The molecule has 14 heavy (non-hydrogen) atoms. The van der Waals surface area contributed by atoms with Gasteiger partial charge in [0.1, 0.15) is 5.82 Å². The molecule has 0 saturated carbocycles. The van der Waals surface area contributed by atoms with Crippen LogP contribution in [-0.4, -0.2) is 0 Å². The Morgan fingerprint density at radius 2 is 2.00 bits per heavy atom. The van der Waals surface area contributed by atoms with Crippen LogP contribution in [-0.2, 0) is 6.42 Å². The zero-order chi connectivity index (χ0) is 10.7. The van der Waals surface area contributed by atoms with Crippen LogP contribution >= 0.6 is 0 Å². The van der Waals surface area contributed by atoms with Crippen molar-refractivity contribution < 1.29 is 4.39 Å². The minimum atomic E-state index is -0.201. The molecule has 0 aliphatic heterocycles. The number of nitrogens with two attached hydrogens (primary N) is 1. The van der Waals surface area contributed by atoms with Crippen molar-refractivity contribution in [3.05, 3.63) is 35.1 Å². The summed E-state index contributed by atoms with van der Waals surface area (Å²) in [4.78, 5) is 0. The summed E-state index contributed by atoms with van der Waals surface area (Å²) in [5.41, 5.74) is 8.11. The Morgan fingerprint density at radius 3 is 2.50 bits per heavy atom. The molecule has 1 aromatic rings. The maximum atomic E-state index is 13.1. The lowest BCUT2D eigenvalue weighted by Crippen LogP contribution is -2.18. The molecule has 1 unspecified atom stereocenters. The average molecular weight is 195 g/mol. The highest BCUT2D eigenvalue weighted by atomic mass is 19.1. The molecular weight excluding hydrogens is 177 g/mol. The molecule has 78 valence electrons. The summed E-state index contributed by atoms with van der Waals surface area (Å²) >= 11 is 0. The molecule has 0 fully saturated rings. The largest absolute Gasteiger partial charge is 0.324 e. The highest BCUT2D eigenvalue weighted by Crippen LogP contribution is 2.23. The Balaban J connectivity index is 3.10. The maximum Gasteiger partial charge on any atom is 0.123 e. The van der Waals surface area contributed by atoms with Crippen LogP contribution in [0.15, 0.2) is 18.2 Å². The van der Waals surface area contributed by atoms with E-state index in [9.17, 15) is 4.39 Å². The highest BCUT2D eigenvalue weighted by molar-refractivity contribution is 5.30. The second-order valence-electron chi connectivity index (χ2n) is 3.97. The van der Waals surface area contributed by atoms with Gasteiger partial charge in [-0.05, 0) is 35.6 Å². The molecule has 1 aromatic carbocycles. The molecule has 0 aromatic heterocycles. The fraction of sp³-hybridized carbons (Fsp3) is 0.500. The van der Waals surface area contributed by atoms with Crippen LogP contribution in [0.5, 0.6) is 0 Å². The van der Waals surface area contributed by atoms with Gasteiger partial charge in [0.15, 0.2) is 0 Å². The number of hydrogen-bond donors (Lipinski definition) is 1. The van der Waals surface area contributed by atoms with E-state index in [1.54, 1.807) is 6.07 Å². The standard InChI is InChI=1S/C12H18FN/c1-4-9-5-6-10(13)7-11(9)12(14)8(2)3/h5-8,12H,4,14H2,1-3H3. The van der Waals surface area contributed by atoms with Gasteiger partial charge in [0.2, 0.25) is 0 Å². The molecule has 1 nitrogen and oxygen atoms in total. The summed E-state index contributed by atoms with van der Waals surface area (Å²) in [5.74, 6) is 0.135. The molecule has 0 aliphatic rings. The molecule has 2 heteroatoms. The fourth-order valence-electron chi connectivity index (χ4n) is 1.56. The van der Waals surface area contributed by atoms with E-state index in [0.29, 0.717) is 5.92 Å². The van der Waals surface area contributed by atoms with E-state index in [-0.39, 0.29) is 11.9 Å². The van der Waals surface area contributed by atoms with E-state index in [2.05, 4.69) is 20.8 Å². The van der Waals surface area contributed by atoms with Gasteiger partial charge in [0, 0.05) is 6.04 Å². The smallest absolute Gasteiger partial charge is 0.123 e. The third kappa shape index (κ3) is 2.32. The van der Waals surface area contributed by atoms with Crippen molar-refractivity contribution in [1.82, 2.24) is 0 Å². The molecule has 0 bridgehead atoms. The molecule has 0 heterocycles. The Hall–Kier alpha value is -0.890. The number of hydrogen-bond acceptors (Lipinski definition) is 1. The van der Waals surface area contributed by atoms with Gasteiger partial charge in [-0.1, -0.05) is 26.8 Å². The first kappa shape index (κ1) is 11.2. The molecule has 1 atom stereocenters. The molecule has 1 rings (SSSR count). The molecule has 0 radical (unpaired) electrons. The summed E-state index contributed by atoms with van der Waals surface area (Å²) in [6, 6.07) is 4.81. The Bertz CT molecular complexity index is 307. The van der Waals surface area contributed by atoms with Crippen LogP contribution < -0.4 is 5.73 Å². The van der Waals surface area contributed by atoms with Gasteiger partial charge in [-0.2, -0.15) is 0 Å². The first-order chi connectivity index (χ1) is 6.56. The van der Waals surface area contributed by atoms with Crippen molar-refractivity contribution in [1.29, 1.82) is 0 Å². The molecule has 0 aliphatic carbocycles. The van der Waals surface area contributed by atoms with Gasteiger partial charge in [-0.3, -0.25) is 0 Å². The quantitative estimate of drug-likeness (QED) is 0.788. The molecule has 0 spiro atoms. The van der Waals surface area contributed by atoms with Crippen LogP contribution in [0.2, 0.25) is 0 Å². The summed E-state index contributed by atoms with van der Waals surface area (Å²) in [6.45, 7) is 6.16. The molecular formula is C12H18FN. The van der Waals surface area contributed by atoms with Crippen molar-refractivity contribution >= 4 is 0 Å². The van der Waals surface area contributed by atoms with E-state index in [0.717, 1.165) is 17.5 Å². The lowest BCUT2D eigenvalue weighted by atomic mass is 9.92. The second kappa shape index (κ2) is 4.56. The van der Waals surface area contributed by atoms with Crippen molar-refractivity contribution in [2.45, 2.75) is 33.2 Å². The van der Waals surface area contributed by atoms with E-state index < -0.39 is 0 Å². The Kier molecular flexibility index (Phi) is 3.64. The van der Waals surface area contributed by atoms with Gasteiger partial charge in [0.05, 0.1) is 0 Å². The third-order valence-electron chi connectivity index (χ3n) is 2.57. The number of benzene rings is 1. The predicted molar refractivity (Wildman–Crippen MR) is 57.5 cm³/mol. The molecule has 2 N–H and O–H groups in total. The van der Waals surface area contributed by atoms with Crippen LogP contribution in [0.4, 0.5) is 4.39 Å². The van der Waals surface area contributed by atoms with Crippen LogP contribution in [0, 0.1) is 11.7 Å². The maximum absolute atomic E-state index is 13.1. The zero-order valence-electron chi connectivity index (χ0n) is 9.05. The normalized spacial score (nSPS) is 13.3. The minimum Gasteiger partial charge on any atom is -0.324 e. The molecule has 0 saturated heterocycles. The van der Waals surface area contributed by atoms with E-state index in [1.165, 1.54) is 6.07 Å². The second-order valence-corrected chi connectivity index (χ2v) is 3.97. The van der Waals surface area contributed by atoms with E-state index in [1.807, 2.05) is 6.07 Å². The summed E-state index contributed by atoms with van der Waals surface area (Å²) in [5, 5.41) is 0. The van der Waals surface area contributed by atoms with Gasteiger partial charge in [0.25, 0.3) is 0 Å². The monoisotopic (exact) mass is 195 g/mol. The van der Waals surface area contributed by atoms with Crippen molar-refractivity contribution in [3.63, 3.8) is 0 Å². The minimum absolute atomic E-state index is 0.0688. The number of rotatable bonds is 3.